The molecule has 1 saturated heterocycles. The van der Waals surface area contributed by atoms with Gasteiger partial charge in [0.2, 0.25) is 5.88 Å². The highest BCUT2D eigenvalue weighted by molar-refractivity contribution is 6.32. The van der Waals surface area contributed by atoms with E-state index in [4.69, 9.17) is 30.8 Å². The number of amides is 1. The van der Waals surface area contributed by atoms with Crippen LogP contribution in [0.5, 0.6) is 11.6 Å². The zero-order valence-electron chi connectivity index (χ0n) is 19.6. The predicted molar refractivity (Wildman–Crippen MR) is 137 cm³/mol. The first-order valence-corrected chi connectivity index (χ1v) is 12.1. The van der Waals surface area contributed by atoms with Crippen LogP contribution in [0.25, 0.3) is 22.3 Å². The van der Waals surface area contributed by atoms with Crippen LogP contribution >= 0.6 is 11.6 Å². The van der Waals surface area contributed by atoms with E-state index in [1.54, 1.807) is 25.4 Å². The fraction of sp³-hybridized carbons (Fsp3) is 0.269. The molecule has 9 nitrogen and oxygen atoms in total. The molecule has 4 aromatic rings. The molecule has 1 atom stereocenters. The lowest BCUT2D eigenvalue weighted by atomic mass is 10.0. The van der Waals surface area contributed by atoms with Crippen molar-refractivity contribution in [3.8, 4) is 22.9 Å². The number of nitrogens with one attached hydrogen (secondary N) is 3. The van der Waals surface area contributed by atoms with E-state index in [0.717, 1.165) is 30.0 Å². The van der Waals surface area contributed by atoms with Crippen LogP contribution in [0.4, 0.5) is 11.4 Å². The van der Waals surface area contributed by atoms with Crippen LogP contribution in [0.1, 0.15) is 22.5 Å². The van der Waals surface area contributed by atoms with E-state index in [9.17, 15) is 4.79 Å². The molecule has 5 heterocycles. The van der Waals surface area contributed by atoms with Gasteiger partial charge in [0.1, 0.15) is 12.1 Å². The quantitative estimate of drug-likeness (QED) is 0.339. The monoisotopic (exact) mass is 505 g/mol. The highest BCUT2D eigenvalue weighted by Crippen LogP contribution is 2.42. The van der Waals surface area contributed by atoms with Gasteiger partial charge in [0.05, 0.1) is 46.4 Å². The lowest BCUT2D eigenvalue weighted by Gasteiger charge is -2.25. The number of ether oxygens (including phenoxy) is 3. The lowest BCUT2D eigenvalue weighted by molar-refractivity contribution is -0.0726. The molecule has 3 aromatic heterocycles. The van der Waals surface area contributed by atoms with Gasteiger partial charge in [-0.15, -0.1) is 0 Å². The first-order chi connectivity index (χ1) is 17.6. The Kier molecular flexibility index (Phi) is 5.86. The summed E-state index contributed by atoms with van der Waals surface area (Å²) < 4.78 is 16.9. The second-order valence-corrected chi connectivity index (χ2v) is 9.06. The Balaban J connectivity index is 1.48. The maximum Gasteiger partial charge on any atom is 0.255 e. The number of H-pyrrole nitrogens is 1. The Bertz CT molecular complexity index is 1470. The third-order valence-electron chi connectivity index (χ3n) is 6.43. The molecule has 0 bridgehead atoms. The summed E-state index contributed by atoms with van der Waals surface area (Å²) in [5.74, 6) is 0.827. The number of hydrogen-bond donors (Lipinski definition) is 3. The average molecular weight is 506 g/mol. The number of carbonyl (C=O) groups is 1. The Morgan fingerprint density at radius 2 is 2.14 bits per heavy atom. The van der Waals surface area contributed by atoms with Crippen molar-refractivity contribution in [2.75, 3.05) is 32.2 Å². The molecule has 0 unspecified atom stereocenters. The Labute approximate surface area is 212 Å². The summed E-state index contributed by atoms with van der Waals surface area (Å²) in [5.41, 5.74) is 5.53. The molecule has 184 valence electrons. The molecular weight excluding hydrogens is 482 g/mol. The molecule has 6 rings (SSSR count). The van der Waals surface area contributed by atoms with Crippen LogP contribution < -0.4 is 20.1 Å². The highest BCUT2D eigenvalue weighted by atomic mass is 35.5. The summed E-state index contributed by atoms with van der Waals surface area (Å²) in [6.45, 7) is 1.78. The van der Waals surface area contributed by atoms with Gasteiger partial charge < -0.3 is 29.8 Å². The van der Waals surface area contributed by atoms with Gasteiger partial charge in [-0.1, -0.05) is 17.7 Å². The number of methoxy groups -OCH3 is 1. The third-order valence-corrected chi connectivity index (χ3v) is 6.73. The van der Waals surface area contributed by atoms with Crippen LogP contribution in [0.15, 0.2) is 42.6 Å². The van der Waals surface area contributed by atoms with Crippen molar-refractivity contribution >= 4 is 39.9 Å². The normalized spacial score (nSPS) is 16.7. The molecule has 0 radical (unpaired) electrons. The average Bonchev–Trinajstić information content (AvgIpc) is 3.22. The number of pyridine rings is 2. The summed E-state index contributed by atoms with van der Waals surface area (Å²) in [6.07, 6.45) is 3.49. The van der Waals surface area contributed by atoms with Gasteiger partial charge in [0, 0.05) is 49.5 Å². The molecule has 10 heteroatoms. The van der Waals surface area contributed by atoms with Gasteiger partial charge in [-0.2, -0.15) is 0 Å². The number of hydrogen-bond acceptors (Lipinski definition) is 7. The number of nitrogens with zero attached hydrogens (tertiary/aromatic N) is 2. The van der Waals surface area contributed by atoms with Gasteiger partial charge in [0.15, 0.2) is 5.75 Å². The van der Waals surface area contributed by atoms with E-state index in [1.165, 1.54) is 0 Å². The minimum Gasteiger partial charge on any atom is -0.493 e. The number of halogens is 1. The molecule has 1 amide bonds. The zero-order valence-corrected chi connectivity index (χ0v) is 20.3. The number of carbonyl (C=O) groups excluding carboxylic acids is 1. The Morgan fingerprint density at radius 3 is 2.94 bits per heavy atom. The number of aromatic nitrogens is 3. The third kappa shape index (κ3) is 4.00. The van der Waals surface area contributed by atoms with Crippen LogP contribution in [-0.2, 0) is 11.2 Å². The summed E-state index contributed by atoms with van der Waals surface area (Å²) in [6, 6.07) is 11.0. The van der Waals surface area contributed by atoms with E-state index in [2.05, 4.69) is 20.6 Å². The molecule has 0 aliphatic carbocycles. The minimum absolute atomic E-state index is 0.105. The maximum atomic E-state index is 13.0. The molecule has 0 saturated carbocycles. The second-order valence-electron chi connectivity index (χ2n) is 8.65. The van der Waals surface area contributed by atoms with E-state index < -0.39 is 0 Å². The van der Waals surface area contributed by atoms with Crippen LogP contribution in [0, 0.1) is 0 Å². The maximum absolute atomic E-state index is 13.0. The highest BCUT2D eigenvalue weighted by Gasteiger charge is 2.29. The van der Waals surface area contributed by atoms with Gasteiger partial charge in [-0.05, 0) is 24.3 Å². The molecule has 1 aromatic carbocycles. The molecule has 0 spiro atoms. The fourth-order valence-electron chi connectivity index (χ4n) is 4.54. The van der Waals surface area contributed by atoms with Crippen molar-refractivity contribution in [2.24, 2.45) is 0 Å². The van der Waals surface area contributed by atoms with Gasteiger partial charge in [-0.3, -0.25) is 9.78 Å². The molecule has 1 fully saturated rings. The predicted octanol–water partition coefficient (Wildman–Crippen LogP) is 4.48. The van der Waals surface area contributed by atoms with Crippen molar-refractivity contribution in [3.63, 3.8) is 0 Å². The number of aromatic amines is 1. The topological polar surface area (TPSA) is 110 Å². The number of fused-ring (bicyclic) bond motifs is 2. The summed E-state index contributed by atoms with van der Waals surface area (Å²) >= 11 is 6.37. The molecule has 36 heavy (non-hydrogen) atoms. The zero-order chi connectivity index (χ0) is 24.6. The standard InChI is InChI=1S/C26H24ClN5O4/c1-34-25-16(27)3-2-4-19(25)31-24-21-17(8-11-29-26(21)33)30-23(24)15-7-10-28-18-5-6-20(32-22(15)18)36-13-14-9-12-35-14/h2-7,10,14,30-31H,8-9,11-13H2,1H3,(H,29,33)/t14-/m1/s1. The SMILES string of the molecule is COc1c(Cl)cccc1Nc1c(-c2ccnc3ccc(OC[C@H]4CCO4)nc23)[nH]c2c1C(=O)NCC2. The van der Waals surface area contributed by atoms with E-state index in [-0.39, 0.29) is 12.0 Å². The van der Waals surface area contributed by atoms with E-state index >= 15 is 0 Å². The van der Waals surface area contributed by atoms with Crippen molar-refractivity contribution in [1.82, 2.24) is 20.3 Å². The lowest BCUT2D eigenvalue weighted by Crippen LogP contribution is -2.32. The van der Waals surface area contributed by atoms with Crippen molar-refractivity contribution in [2.45, 2.75) is 18.9 Å². The molecular formula is C26H24ClN5O4. The van der Waals surface area contributed by atoms with Gasteiger partial charge in [-0.25, -0.2) is 4.98 Å². The van der Waals surface area contributed by atoms with E-state index in [1.807, 2.05) is 24.3 Å². The summed E-state index contributed by atoms with van der Waals surface area (Å²) in [4.78, 5) is 25.7. The smallest absolute Gasteiger partial charge is 0.255 e. The summed E-state index contributed by atoms with van der Waals surface area (Å²) in [7, 11) is 1.56. The summed E-state index contributed by atoms with van der Waals surface area (Å²) in [5, 5.41) is 6.81. The Morgan fingerprint density at radius 1 is 1.25 bits per heavy atom. The fourth-order valence-corrected chi connectivity index (χ4v) is 4.79. The number of para-hydroxylation sites is 1. The first kappa shape index (κ1) is 22.6. The molecule has 3 N–H and O–H groups in total. The van der Waals surface area contributed by atoms with Gasteiger partial charge in [0.25, 0.3) is 5.91 Å². The van der Waals surface area contributed by atoms with Crippen LogP contribution in [0.2, 0.25) is 5.02 Å². The molecule has 2 aliphatic heterocycles. The van der Waals surface area contributed by atoms with E-state index in [0.29, 0.717) is 64.2 Å². The van der Waals surface area contributed by atoms with Crippen LogP contribution in [0.3, 0.4) is 0 Å². The minimum atomic E-state index is -0.155. The number of benzene rings is 1. The van der Waals surface area contributed by atoms with Crippen molar-refractivity contribution in [3.05, 3.63) is 58.9 Å². The van der Waals surface area contributed by atoms with Crippen molar-refractivity contribution < 1.29 is 19.0 Å². The first-order valence-electron chi connectivity index (χ1n) is 11.8. The van der Waals surface area contributed by atoms with Crippen LogP contribution in [-0.4, -0.2) is 53.8 Å². The van der Waals surface area contributed by atoms with Crippen molar-refractivity contribution in [1.29, 1.82) is 0 Å². The van der Waals surface area contributed by atoms with Gasteiger partial charge >= 0.3 is 0 Å². The number of anilines is 2. The molecule has 2 aliphatic rings. The largest absolute Gasteiger partial charge is 0.493 e. The Hall–Kier alpha value is -3.82. The number of rotatable bonds is 7. The second kappa shape index (κ2) is 9.33.